The molecule has 6 aromatic rings. The summed E-state index contributed by atoms with van der Waals surface area (Å²) in [7, 11) is -7.76. The summed E-state index contributed by atoms with van der Waals surface area (Å²) in [4.78, 5) is 34.6. The van der Waals surface area contributed by atoms with Gasteiger partial charge in [0.05, 0.1) is 12.4 Å². The largest absolute Gasteiger partial charge is 0.476 e. The fourth-order valence-electron chi connectivity index (χ4n) is 4.52. The minimum Gasteiger partial charge on any atom is -0.476 e. The van der Waals surface area contributed by atoms with E-state index in [1.54, 1.807) is 42.5 Å². The Balaban J connectivity index is 1.27. The molecule has 0 amide bonds. The molecule has 4 heterocycles. The summed E-state index contributed by atoms with van der Waals surface area (Å²) in [6.45, 7) is 0. The molecule has 21 heteroatoms. The van der Waals surface area contributed by atoms with Crippen LogP contribution in [0.4, 0.5) is 0 Å². The van der Waals surface area contributed by atoms with Gasteiger partial charge in [0.1, 0.15) is 16.3 Å². The number of rotatable bonds is 9. The number of nitrogens with one attached hydrogen (secondary N) is 2. The quantitative estimate of drug-likeness (QED) is 0.154. The van der Waals surface area contributed by atoms with E-state index in [9.17, 15) is 36.6 Å². The molecule has 0 saturated carbocycles. The Kier molecular flexibility index (Phi) is 9.83. The average Bonchev–Trinajstić information content (AvgIpc) is 3.80. The van der Waals surface area contributed by atoms with E-state index in [0.717, 1.165) is 24.8 Å². The minimum atomic E-state index is -3.89. The second-order valence-electron chi connectivity index (χ2n) is 10.9. The fraction of sp³-hybridized carbons (Fsp3) is 0.0606. The highest BCUT2D eigenvalue weighted by molar-refractivity contribution is 7.91. The Morgan fingerprint density at radius 1 is 0.685 bits per heavy atom. The van der Waals surface area contributed by atoms with Crippen molar-refractivity contribution in [3.05, 3.63) is 101 Å². The molecule has 0 atom stereocenters. The van der Waals surface area contributed by atoms with E-state index in [-0.39, 0.29) is 39.7 Å². The maximum atomic E-state index is 12.6. The van der Waals surface area contributed by atoms with Crippen molar-refractivity contribution < 1.29 is 46.1 Å². The molecule has 0 fully saturated rings. The van der Waals surface area contributed by atoms with Crippen molar-refractivity contribution in [2.75, 3.05) is 12.5 Å². The van der Waals surface area contributed by atoms with E-state index in [4.69, 9.17) is 9.47 Å². The molecule has 4 aromatic heterocycles. The fourth-order valence-corrected chi connectivity index (χ4v) is 6.00. The van der Waals surface area contributed by atoms with Gasteiger partial charge in [-0.15, -0.1) is 10.2 Å². The maximum absolute atomic E-state index is 12.6. The number of aromatic nitrogens is 9. The van der Waals surface area contributed by atoms with Crippen molar-refractivity contribution in [1.29, 1.82) is 0 Å². The van der Waals surface area contributed by atoms with Gasteiger partial charge in [-0.3, -0.25) is 0 Å². The van der Waals surface area contributed by atoms with Gasteiger partial charge in [-0.1, -0.05) is 46.5 Å². The highest BCUT2D eigenvalue weighted by Crippen LogP contribution is 2.26. The van der Waals surface area contributed by atoms with Crippen LogP contribution in [0.2, 0.25) is 0 Å². The van der Waals surface area contributed by atoms with Crippen LogP contribution in [0.3, 0.4) is 0 Å². The molecule has 54 heavy (non-hydrogen) atoms. The number of carboxylic acid groups (broad SMARTS) is 2. The lowest BCUT2D eigenvalue weighted by Gasteiger charge is -2.07. The molecule has 6 rings (SSSR count). The topological polar surface area (TPSA) is 283 Å². The molecular weight excluding hydrogens is 747 g/mol. The van der Waals surface area contributed by atoms with Crippen LogP contribution in [0.5, 0.6) is 23.4 Å². The van der Waals surface area contributed by atoms with Crippen LogP contribution < -0.4 is 9.47 Å². The molecule has 0 aliphatic carbocycles. The van der Waals surface area contributed by atoms with Gasteiger partial charge >= 0.3 is 11.9 Å². The van der Waals surface area contributed by atoms with Crippen molar-refractivity contribution in [2.24, 2.45) is 0 Å². The zero-order chi connectivity index (χ0) is 38.6. The molecule has 0 saturated heterocycles. The molecule has 19 nitrogen and oxygen atoms in total. The van der Waals surface area contributed by atoms with Gasteiger partial charge in [-0.2, -0.15) is 4.98 Å². The van der Waals surface area contributed by atoms with Crippen molar-refractivity contribution in [1.82, 2.24) is 45.8 Å². The van der Waals surface area contributed by atoms with Gasteiger partial charge in [0.15, 0.2) is 30.4 Å². The number of sulfone groups is 2. The van der Waals surface area contributed by atoms with E-state index in [1.807, 2.05) is 6.07 Å². The number of carboxylic acids is 2. The third kappa shape index (κ3) is 8.34. The van der Waals surface area contributed by atoms with E-state index in [0.29, 0.717) is 22.3 Å². The number of H-pyrrole nitrogens is 2. The molecule has 0 spiro atoms. The molecule has 0 unspecified atom stereocenters. The number of carbonyl (C=O) groups is 2. The van der Waals surface area contributed by atoms with Crippen LogP contribution in [-0.4, -0.2) is 97.3 Å². The summed E-state index contributed by atoms with van der Waals surface area (Å²) in [5.41, 5.74) is 1.01. The first-order valence-corrected chi connectivity index (χ1v) is 18.6. The van der Waals surface area contributed by atoms with Gasteiger partial charge in [0.2, 0.25) is 17.3 Å². The highest BCUT2D eigenvalue weighted by atomic mass is 32.2. The monoisotopic (exact) mass is 767 g/mol. The highest BCUT2D eigenvalue weighted by Gasteiger charge is 2.22. The Morgan fingerprint density at radius 3 is 1.78 bits per heavy atom. The van der Waals surface area contributed by atoms with Gasteiger partial charge in [0, 0.05) is 29.7 Å². The summed E-state index contributed by atoms with van der Waals surface area (Å²) in [6.07, 6.45) is 4.06. The Labute approximate surface area is 304 Å². The lowest BCUT2D eigenvalue weighted by Crippen LogP contribution is -2.07. The zero-order valence-electron chi connectivity index (χ0n) is 27.5. The number of hydrogen-bond acceptors (Lipinski definition) is 15. The van der Waals surface area contributed by atoms with Gasteiger partial charge in [0.25, 0.3) is 11.8 Å². The third-order valence-electron chi connectivity index (χ3n) is 6.87. The molecule has 0 aliphatic rings. The first kappa shape index (κ1) is 36.3. The molecule has 270 valence electrons. The van der Waals surface area contributed by atoms with E-state index >= 15 is 0 Å². The predicted molar refractivity (Wildman–Crippen MR) is 183 cm³/mol. The lowest BCUT2D eigenvalue weighted by atomic mass is 10.0. The van der Waals surface area contributed by atoms with E-state index < -0.39 is 48.0 Å². The van der Waals surface area contributed by atoms with Crippen LogP contribution in [-0.2, 0) is 19.7 Å². The standard InChI is InChI=1S/C33H21N9O10S2/c1-53(47,48)25-15-22(51-29-27(32(43)44)37-41-39-29)16-34-23(25)11-9-18-5-3-7-20(13-18)21-8-4-6-19(14-21)10-12-24-31(54(2,49)50)35-17-26(36-24)52-30-28(33(45)46)38-42-40-30/h3-8,13-17H,1-2H3,(H,43,44)(H,45,46)(H,37,39,41)(H,38,40,42). The van der Waals surface area contributed by atoms with Gasteiger partial charge in [-0.25, -0.2) is 46.6 Å². The number of pyridine rings is 1. The summed E-state index contributed by atoms with van der Waals surface area (Å²) in [5.74, 6) is 7.39. The number of aromatic amines is 2. The first-order valence-electron chi connectivity index (χ1n) is 14.8. The Morgan fingerprint density at radius 2 is 1.24 bits per heavy atom. The number of nitrogens with zero attached hydrogens (tertiary/aromatic N) is 7. The second kappa shape index (κ2) is 14.6. The van der Waals surface area contributed by atoms with Crippen molar-refractivity contribution in [3.63, 3.8) is 0 Å². The molecule has 4 N–H and O–H groups in total. The first-order chi connectivity index (χ1) is 25.7. The SMILES string of the molecule is CS(=O)(=O)c1cc(Oc2[nH]nnc2C(=O)O)cnc1C#Cc1cccc(-c2cccc(C#Cc3nc(Oc4[nH]nnc4C(=O)O)cnc3S(C)(=O)=O)c2)c1. The number of hydrogen-bond donors (Lipinski definition) is 4. The van der Waals surface area contributed by atoms with Crippen LogP contribution >= 0.6 is 0 Å². The third-order valence-corrected chi connectivity index (χ3v) is 8.98. The lowest BCUT2D eigenvalue weighted by molar-refractivity contribution is 0.0676. The maximum Gasteiger partial charge on any atom is 0.362 e. The molecular formula is C33H21N9O10S2. The van der Waals surface area contributed by atoms with Crippen molar-refractivity contribution >= 4 is 31.6 Å². The number of benzene rings is 2. The summed E-state index contributed by atoms with van der Waals surface area (Å²) in [6, 6.07) is 15.1. The van der Waals surface area contributed by atoms with E-state index in [2.05, 4.69) is 69.5 Å². The Hall–Kier alpha value is -7.49. The van der Waals surface area contributed by atoms with Gasteiger partial charge < -0.3 is 19.7 Å². The molecule has 2 aromatic carbocycles. The second-order valence-corrected chi connectivity index (χ2v) is 14.8. The van der Waals surface area contributed by atoms with Crippen LogP contribution in [0.25, 0.3) is 11.1 Å². The summed E-state index contributed by atoms with van der Waals surface area (Å²) < 4.78 is 60.9. The van der Waals surface area contributed by atoms with Gasteiger partial charge in [-0.05, 0) is 47.2 Å². The average molecular weight is 768 g/mol. The predicted octanol–water partition coefficient (Wildman–Crippen LogP) is 2.36. The molecule has 0 aliphatic heterocycles. The van der Waals surface area contributed by atoms with Crippen LogP contribution in [0.1, 0.15) is 43.5 Å². The summed E-state index contributed by atoms with van der Waals surface area (Å²) in [5, 5.41) is 36.2. The van der Waals surface area contributed by atoms with Crippen molar-refractivity contribution in [3.8, 4) is 58.2 Å². The minimum absolute atomic E-state index is 0.0803. The molecule has 0 bridgehead atoms. The van der Waals surface area contributed by atoms with E-state index in [1.165, 1.54) is 6.20 Å². The van der Waals surface area contributed by atoms with Crippen LogP contribution in [0, 0.1) is 23.7 Å². The zero-order valence-corrected chi connectivity index (χ0v) is 29.1. The van der Waals surface area contributed by atoms with Crippen LogP contribution in [0.15, 0.2) is 76.9 Å². The smallest absolute Gasteiger partial charge is 0.362 e. The molecule has 0 radical (unpaired) electrons. The number of aromatic carboxylic acids is 2. The Bertz CT molecular complexity index is 2830. The number of ether oxygens (including phenoxy) is 2. The summed E-state index contributed by atoms with van der Waals surface area (Å²) >= 11 is 0. The normalized spacial score (nSPS) is 11.1. The van der Waals surface area contributed by atoms with Crippen molar-refractivity contribution in [2.45, 2.75) is 9.92 Å².